The van der Waals surface area contributed by atoms with Crippen LogP contribution in [0.5, 0.6) is 5.75 Å². The number of fused-ring (bicyclic) bond motifs is 1. The van der Waals surface area contributed by atoms with Crippen molar-refractivity contribution in [1.29, 1.82) is 5.26 Å². The number of halogens is 1. The molecular formula is C20H19ClN2O4. The highest BCUT2D eigenvalue weighted by molar-refractivity contribution is 6.35. The highest BCUT2D eigenvalue weighted by Gasteiger charge is 2.43. The molecule has 6 nitrogen and oxygen atoms in total. The number of hydrogen-bond acceptors (Lipinski definition) is 5. The molecule has 3 rings (SSSR count). The van der Waals surface area contributed by atoms with Crippen LogP contribution in [0.1, 0.15) is 19.8 Å². The van der Waals surface area contributed by atoms with E-state index in [9.17, 15) is 14.9 Å². The Hall–Kier alpha value is -2.78. The third-order valence-electron chi connectivity index (χ3n) is 4.57. The number of esters is 1. The van der Waals surface area contributed by atoms with Gasteiger partial charge < -0.3 is 14.8 Å². The minimum Gasteiger partial charge on any atom is -0.481 e. The molecule has 0 aliphatic heterocycles. The first-order chi connectivity index (χ1) is 12.9. The van der Waals surface area contributed by atoms with Crippen LogP contribution >= 0.6 is 11.6 Å². The van der Waals surface area contributed by atoms with Crippen molar-refractivity contribution in [2.24, 2.45) is 5.92 Å². The topological polar surface area (TPSA) is 88.4 Å². The molecule has 1 aliphatic carbocycles. The fourth-order valence-corrected chi connectivity index (χ4v) is 3.12. The highest BCUT2D eigenvalue weighted by Crippen LogP contribution is 2.39. The molecule has 2 aromatic rings. The predicted octanol–water partition coefficient (Wildman–Crippen LogP) is 3.22. The van der Waals surface area contributed by atoms with E-state index in [2.05, 4.69) is 11.4 Å². The van der Waals surface area contributed by atoms with Crippen molar-refractivity contribution in [3.05, 3.63) is 41.4 Å². The summed E-state index contributed by atoms with van der Waals surface area (Å²) in [6.07, 6.45) is 1.82. The first-order valence-corrected chi connectivity index (χ1v) is 8.98. The fraction of sp³-hybridized carbons (Fsp3) is 0.350. The fourth-order valence-electron chi connectivity index (χ4n) is 2.89. The quantitative estimate of drug-likeness (QED) is 0.738. The molecule has 0 unspecified atom stereocenters. The van der Waals surface area contributed by atoms with Crippen LogP contribution in [0.3, 0.4) is 0 Å². The number of nitrogens with one attached hydrogen (secondary N) is 1. The summed E-state index contributed by atoms with van der Waals surface area (Å²) < 4.78 is 10.5. The van der Waals surface area contributed by atoms with Crippen LogP contribution in [0.25, 0.3) is 10.8 Å². The molecule has 0 spiro atoms. The summed E-state index contributed by atoms with van der Waals surface area (Å²) in [6.45, 7) is 0.893. The Kier molecular flexibility index (Phi) is 5.52. The van der Waals surface area contributed by atoms with Gasteiger partial charge in [0.25, 0.3) is 5.91 Å². The summed E-state index contributed by atoms with van der Waals surface area (Å²) in [4.78, 5) is 23.8. The SMILES string of the molecule is C[C@](C#N)(NC(=O)COC(=O)COc1ccc(Cl)c2ccccc12)C1CC1. The number of carbonyl (C=O) groups is 2. The van der Waals surface area contributed by atoms with Crippen LogP contribution in [0, 0.1) is 17.2 Å². The van der Waals surface area contributed by atoms with Gasteiger partial charge in [-0.3, -0.25) is 4.79 Å². The Bertz CT molecular complexity index is 920. The van der Waals surface area contributed by atoms with Crippen molar-refractivity contribution < 1.29 is 19.1 Å². The lowest BCUT2D eigenvalue weighted by Gasteiger charge is -2.22. The van der Waals surface area contributed by atoms with Gasteiger partial charge in [0.05, 0.1) is 6.07 Å². The molecule has 0 bridgehead atoms. The molecule has 1 saturated carbocycles. The van der Waals surface area contributed by atoms with Crippen LogP contribution in [-0.4, -0.2) is 30.6 Å². The minimum absolute atomic E-state index is 0.156. The van der Waals surface area contributed by atoms with Crippen molar-refractivity contribution in [2.75, 3.05) is 13.2 Å². The molecule has 1 aliphatic rings. The Morgan fingerprint density at radius 2 is 1.93 bits per heavy atom. The van der Waals surface area contributed by atoms with E-state index >= 15 is 0 Å². The molecule has 7 heteroatoms. The lowest BCUT2D eigenvalue weighted by molar-refractivity contribution is -0.150. The number of rotatable bonds is 7. The Morgan fingerprint density at radius 3 is 2.59 bits per heavy atom. The van der Waals surface area contributed by atoms with Crippen molar-refractivity contribution in [3.63, 3.8) is 0 Å². The second kappa shape index (κ2) is 7.85. The summed E-state index contributed by atoms with van der Waals surface area (Å²) in [5.74, 6) is -0.517. The predicted molar refractivity (Wildman–Crippen MR) is 100 cm³/mol. The summed E-state index contributed by atoms with van der Waals surface area (Å²) >= 11 is 6.15. The smallest absolute Gasteiger partial charge is 0.344 e. The number of carbonyl (C=O) groups excluding carboxylic acids is 2. The van der Waals surface area contributed by atoms with E-state index in [1.54, 1.807) is 19.1 Å². The van der Waals surface area contributed by atoms with Gasteiger partial charge in [-0.2, -0.15) is 5.26 Å². The Labute approximate surface area is 162 Å². The number of hydrogen-bond donors (Lipinski definition) is 1. The van der Waals surface area contributed by atoms with Crippen molar-refractivity contribution in [1.82, 2.24) is 5.32 Å². The molecule has 0 radical (unpaired) electrons. The van der Waals surface area contributed by atoms with Gasteiger partial charge in [-0.1, -0.05) is 35.9 Å². The molecule has 1 atom stereocenters. The molecule has 1 amide bonds. The molecule has 1 fully saturated rings. The zero-order valence-corrected chi connectivity index (χ0v) is 15.6. The summed E-state index contributed by atoms with van der Waals surface area (Å²) in [5.41, 5.74) is -0.914. The lowest BCUT2D eigenvalue weighted by atomic mass is 9.98. The Balaban J connectivity index is 1.51. The zero-order chi connectivity index (χ0) is 19.4. The molecule has 0 saturated heterocycles. The van der Waals surface area contributed by atoms with Gasteiger partial charge in [0.15, 0.2) is 13.2 Å². The maximum atomic E-state index is 11.9. The number of nitrogens with zero attached hydrogens (tertiary/aromatic N) is 1. The van der Waals surface area contributed by atoms with Crippen molar-refractivity contribution in [3.8, 4) is 11.8 Å². The monoisotopic (exact) mass is 386 g/mol. The number of ether oxygens (including phenoxy) is 2. The standard InChI is InChI=1S/C20H19ClN2O4/c1-20(12-22,13-6-7-13)23-18(24)10-27-19(25)11-26-17-9-8-16(21)14-4-2-3-5-15(14)17/h2-5,8-9,13H,6-7,10-11H2,1H3,(H,23,24)/t20-/m1/s1. The van der Waals surface area contributed by atoms with E-state index in [-0.39, 0.29) is 12.5 Å². The van der Waals surface area contributed by atoms with Crippen LogP contribution < -0.4 is 10.1 Å². The average Bonchev–Trinajstić information content (AvgIpc) is 3.52. The molecule has 1 N–H and O–H groups in total. The van der Waals surface area contributed by atoms with Gasteiger partial charge in [0, 0.05) is 15.8 Å². The first-order valence-electron chi connectivity index (χ1n) is 8.61. The zero-order valence-electron chi connectivity index (χ0n) is 14.8. The third-order valence-corrected chi connectivity index (χ3v) is 4.90. The molecule has 27 heavy (non-hydrogen) atoms. The third kappa shape index (κ3) is 4.50. The molecule has 140 valence electrons. The van der Waals surface area contributed by atoms with Gasteiger partial charge in [-0.15, -0.1) is 0 Å². The van der Waals surface area contributed by atoms with Crippen molar-refractivity contribution >= 4 is 34.2 Å². The molecule has 0 heterocycles. The van der Waals surface area contributed by atoms with Gasteiger partial charge >= 0.3 is 5.97 Å². The number of benzene rings is 2. The van der Waals surface area contributed by atoms with E-state index in [4.69, 9.17) is 21.1 Å². The first kappa shape index (κ1) is 19.0. The van der Waals surface area contributed by atoms with E-state index < -0.39 is 24.0 Å². The average molecular weight is 387 g/mol. The van der Waals surface area contributed by atoms with E-state index in [1.807, 2.05) is 24.3 Å². The largest absolute Gasteiger partial charge is 0.481 e. The second-order valence-corrected chi connectivity index (χ2v) is 7.08. The Morgan fingerprint density at radius 1 is 1.22 bits per heavy atom. The lowest BCUT2D eigenvalue weighted by Crippen LogP contribution is -2.48. The number of amides is 1. The van der Waals surface area contributed by atoms with Crippen LogP contribution in [-0.2, 0) is 14.3 Å². The molecule has 0 aromatic heterocycles. The van der Waals surface area contributed by atoms with Gasteiger partial charge in [0.2, 0.25) is 0 Å². The van der Waals surface area contributed by atoms with Gasteiger partial charge in [-0.25, -0.2) is 4.79 Å². The van der Waals surface area contributed by atoms with Gasteiger partial charge in [0.1, 0.15) is 11.3 Å². The summed E-state index contributed by atoms with van der Waals surface area (Å²) in [6, 6.07) is 12.9. The molecule has 2 aromatic carbocycles. The van der Waals surface area contributed by atoms with Crippen molar-refractivity contribution in [2.45, 2.75) is 25.3 Å². The second-order valence-electron chi connectivity index (χ2n) is 6.68. The summed E-state index contributed by atoms with van der Waals surface area (Å²) in [7, 11) is 0. The van der Waals surface area contributed by atoms with E-state index in [1.165, 1.54) is 0 Å². The number of nitriles is 1. The van der Waals surface area contributed by atoms with Crippen LogP contribution in [0.4, 0.5) is 0 Å². The van der Waals surface area contributed by atoms with Crippen LogP contribution in [0.2, 0.25) is 5.02 Å². The highest BCUT2D eigenvalue weighted by atomic mass is 35.5. The van der Waals surface area contributed by atoms with Crippen LogP contribution in [0.15, 0.2) is 36.4 Å². The van der Waals surface area contributed by atoms with E-state index in [0.29, 0.717) is 10.8 Å². The minimum atomic E-state index is -0.914. The maximum absolute atomic E-state index is 11.9. The van der Waals surface area contributed by atoms with E-state index in [0.717, 1.165) is 23.6 Å². The normalized spacial score (nSPS) is 15.4. The molecular weight excluding hydrogens is 368 g/mol. The maximum Gasteiger partial charge on any atom is 0.344 e. The summed E-state index contributed by atoms with van der Waals surface area (Å²) in [5, 5.41) is 14.1. The van der Waals surface area contributed by atoms with Gasteiger partial charge in [-0.05, 0) is 37.8 Å².